The van der Waals surface area contributed by atoms with Crippen molar-refractivity contribution in [2.45, 2.75) is 37.9 Å². The maximum Gasteiger partial charge on any atom is 0.239 e. The number of nitrogens with zero attached hydrogens (tertiary/aromatic N) is 1. The standard InChI is InChI=1S/C15H25N3OS/c1-11(2)9-19-14-12(16)5-6-13(18-14)17-10-15(20-3)7-4-8-15/h5-6,11H,4,7-10,16H2,1-3H3,(H,17,18). The van der Waals surface area contributed by atoms with Crippen LogP contribution < -0.4 is 15.8 Å². The molecule has 1 aromatic heterocycles. The van der Waals surface area contributed by atoms with Crippen LogP contribution in [-0.4, -0.2) is 29.1 Å². The van der Waals surface area contributed by atoms with Crippen LogP contribution >= 0.6 is 11.8 Å². The third-order valence-corrected chi connectivity index (χ3v) is 5.15. The molecule has 4 nitrogen and oxygen atoms in total. The number of anilines is 2. The number of nitrogens with two attached hydrogens (primary N) is 1. The molecular formula is C15H25N3OS. The quantitative estimate of drug-likeness (QED) is 0.807. The minimum atomic E-state index is 0.391. The zero-order valence-electron chi connectivity index (χ0n) is 12.6. The molecule has 1 saturated carbocycles. The summed E-state index contributed by atoms with van der Waals surface area (Å²) in [6.07, 6.45) is 6.09. The molecule has 0 aliphatic heterocycles. The average Bonchev–Trinajstić information content (AvgIpc) is 2.38. The maximum absolute atomic E-state index is 5.90. The van der Waals surface area contributed by atoms with Crippen molar-refractivity contribution in [1.82, 2.24) is 4.98 Å². The van der Waals surface area contributed by atoms with Gasteiger partial charge < -0.3 is 15.8 Å². The van der Waals surface area contributed by atoms with Crippen LogP contribution in [0.1, 0.15) is 33.1 Å². The van der Waals surface area contributed by atoms with Crippen LogP contribution in [0.3, 0.4) is 0 Å². The summed E-state index contributed by atoms with van der Waals surface area (Å²) < 4.78 is 6.05. The van der Waals surface area contributed by atoms with Gasteiger partial charge >= 0.3 is 0 Å². The van der Waals surface area contributed by atoms with Crippen molar-refractivity contribution in [3.05, 3.63) is 12.1 Å². The molecule has 112 valence electrons. The number of ether oxygens (including phenoxy) is 1. The van der Waals surface area contributed by atoms with Crippen molar-refractivity contribution < 1.29 is 4.74 Å². The summed E-state index contributed by atoms with van der Waals surface area (Å²) in [5.41, 5.74) is 6.50. The number of thioether (sulfide) groups is 1. The first-order chi connectivity index (χ1) is 9.54. The summed E-state index contributed by atoms with van der Waals surface area (Å²) in [4.78, 5) is 4.47. The van der Waals surface area contributed by atoms with Gasteiger partial charge in [-0.15, -0.1) is 0 Å². The smallest absolute Gasteiger partial charge is 0.239 e. The van der Waals surface area contributed by atoms with Crippen molar-refractivity contribution in [1.29, 1.82) is 0 Å². The van der Waals surface area contributed by atoms with E-state index in [-0.39, 0.29) is 0 Å². The van der Waals surface area contributed by atoms with Gasteiger partial charge in [-0.3, -0.25) is 0 Å². The highest BCUT2D eigenvalue weighted by atomic mass is 32.2. The number of aromatic nitrogens is 1. The van der Waals surface area contributed by atoms with E-state index in [4.69, 9.17) is 10.5 Å². The number of pyridine rings is 1. The van der Waals surface area contributed by atoms with E-state index in [1.807, 2.05) is 23.9 Å². The Morgan fingerprint density at radius 3 is 2.75 bits per heavy atom. The van der Waals surface area contributed by atoms with Crippen LogP contribution in [0.15, 0.2) is 12.1 Å². The molecule has 0 atom stereocenters. The highest BCUT2D eigenvalue weighted by Gasteiger charge is 2.35. The summed E-state index contributed by atoms with van der Waals surface area (Å²) in [6.45, 7) is 5.80. The van der Waals surface area contributed by atoms with Crippen LogP contribution in [0, 0.1) is 5.92 Å². The van der Waals surface area contributed by atoms with Gasteiger partial charge in [0.15, 0.2) is 0 Å². The third kappa shape index (κ3) is 3.72. The maximum atomic E-state index is 5.90. The monoisotopic (exact) mass is 295 g/mol. The summed E-state index contributed by atoms with van der Waals surface area (Å²) in [7, 11) is 0. The van der Waals surface area contributed by atoms with Gasteiger partial charge in [0.2, 0.25) is 5.88 Å². The molecule has 0 saturated heterocycles. The first kappa shape index (κ1) is 15.3. The van der Waals surface area contributed by atoms with E-state index in [1.54, 1.807) is 0 Å². The molecule has 20 heavy (non-hydrogen) atoms. The van der Waals surface area contributed by atoms with Gasteiger partial charge in [-0.25, -0.2) is 0 Å². The second-order valence-electron chi connectivity index (χ2n) is 5.89. The molecule has 1 aliphatic rings. The van der Waals surface area contributed by atoms with E-state index in [9.17, 15) is 0 Å². The van der Waals surface area contributed by atoms with E-state index < -0.39 is 0 Å². The molecule has 0 aromatic carbocycles. The molecule has 0 spiro atoms. The topological polar surface area (TPSA) is 60.2 Å². The molecule has 1 fully saturated rings. The highest BCUT2D eigenvalue weighted by molar-refractivity contribution is 8.00. The van der Waals surface area contributed by atoms with Crippen LogP contribution in [0.2, 0.25) is 0 Å². The first-order valence-corrected chi connectivity index (χ1v) is 8.45. The van der Waals surface area contributed by atoms with E-state index in [1.165, 1.54) is 19.3 Å². The molecule has 2 rings (SSSR count). The number of nitrogens with one attached hydrogen (secondary N) is 1. The molecular weight excluding hydrogens is 270 g/mol. The van der Waals surface area contributed by atoms with Crippen LogP contribution in [0.5, 0.6) is 5.88 Å². The molecule has 0 bridgehead atoms. The van der Waals surface area contributed by atoms with Gasteiger partial charge in [0.25, 0.3) is 0 Å². The Morgan fingerprint density at radius 2 is 2.20 bits per heavy atom. The Balaban J connectivity index is 1.96. The zero-order chi connectivity index (χ0) is 14.6. The Bertz CT molecular complexity index is 441. The molecule has 0 unspecified atom stereocenters. The van der Waals surface area contributed by atoms with Crippen LogP contribution in [0.4, 0.5) is 11.5 Å². The predicted molar refractivity (Wildman–Crippen MR) is 87.6 cm³/mol. The summed E-state index contributed by atoms with van der Waals surface area (Å²) in [6, 6.07) is 3.78. The largest absolute Gasteiger partial charge is 0.476 e. The third-order valence-electron chi connectivity index (χ3n) is 3.73. The van der Waals surface area contributed by atoms with Gasteiger partial charge in [-0.05, 0) is 37.1 Å². The summed E-state index contributed by atoms with van der Waals surface area (Å²) in [5.74, 6) is 1.84. The number of hydrogen-bond acceptors (Lipinski definition) is 5. The molecule has 1 heterocycles. The lowest BCUT2D eigenvalue weighted by atomic mass is 9.84. The van der Waals surface area contributed by atoms with Crippen molar-refractivity contribution in [3.63, 3.8) is 0 Å². The lowest BCUT2D eigenvalue weighted by molar-refractivity contribution is 0.263. The SMILES string of the molecule is CSC1(CNc2ccc(N)c(OCC(C)C)n2)CCC1. The normalized spacial score (nSPS) is 16.8. The van der Waals surface area contributed by atoms with Gasteiger partial charge in [0, 0.05) is 11.3 Å². The predicted octanol–water partition coefficient (Wildman–Crippen LogP) is 3.40. The van der Waals surface area contributed by atoms with Crippen LogP contribution in [-0.2, 0) is 0 Å². The first-order valence-electron chi connectivity index (χ1n) is 7.23. The van der Waals surface area contributed by atoms with Crippen molar-refractivity contribution in [3.8, 4) is 5.88 Å². The highest BCUT2D eigenvalue weighted by Crippen LogP contribution is 2.42. The van der Waals surface area contributed by atoms with Crippen LogP contribution in [0.25, 0.3) is 0 Å². The minimum Gasteiger partial charge on any atom is -0.476 e. The molecule has 1 aromatic rings. The fraction of sp³-hybridized carbons (Fsp3) is 0.667. The summed E-state index contributed by atoms with van der Waals surface area (Å²) in [5, 5.41) is 3.43. The average molecular weight is 295 g/mol. The van der Waals surface area contributed by atoms with E-state index in [0.29, 0.717) is 28.8 Å². The van der Waals surface area contributed by atoms with Gasteiger partial charge in [-0.2, -0.15) is 16.7 Å². The van der Waals surface area contributed by atoms with Gasteiger partial charge in [0.1, 0.15) is 5.82 Å². The second-order valence-corrected chi connectivity index (χ2v) is 7.16. The van der Waals surface area contributed by atoms with E-state index in [2.05, 4.69) is 30.4 Å². The Kier molecular flexibility index (Phi) is 5.02. The van der Waals surface area contributed by atoms with E-state index in [0.717, 1.165) is 12.4 Å². The van der Waals surface area contributed by atoms with Gasteiger partial charge in [-0.1, -0.05) is 20.3 Å². The van der Waals surface area contributed by atoms with E-state index >= 15 is 0 Å². The molecule has 3 N–H and O–H groups in total. The second kappa shape index (κ2) is 6.57. The minimum absolute atomic E-state index is 0.391. The molecule has 1 aliphatic carbocycles. The van der Waals surface area contributed by atoms with Crippen molar-refractivity contribution >= 4 is 23.3 Å². The molecule has 5 heteroatoms. The zero-order valence-corrected chi connectivity index (χ0v) is 13.4. The number of rotatable bonds is 7. The van der Waals surface area contributed by atoms with Gasteiger partial charge in [0.05, 0.1) is 12.3 Å². The lowest BCUT2D eigenvalue weighted by Crippen LogP contribution is -2.40. The summed E-state index contributed by atoms with van der Waals surface area (Å²) >= 11 is 1.95. The van der Waals surface area contributed by atoms with Crippen molar-refractivity contribution in [2.24, 2.45) is 5.92 Å². The Morgan fingerprint density at radius 1 is 1.45 bits per heavy atom. The number of nitrogen functional groups attached to an aromatic ring is 1. The van der Waals surface area contributed by atoms with Crippen molar-refractivity contribution in [2.75, 3.05) is 30.5 Å². The Labute approximate surface area is 125 Å². The fourth-order valence-electron chi connectivity index (χ4n) is 2.19. The Hall–Kier alpha value is -1.10. The molecule has 0 radical (unpaired) electrons. The fourth-order valence-corrected chi connectivity index (χ4v) is 3.10. The lowest BCUT2D eigenvalue weighted by Gasteiger charge is -2.40. The molecule has 0 amide bonds. The number of hydrogen-bond donors (Lipinski definition) is 2.